The van der Waals surface area contributed by atoms with Gasteiger partial charge < -0.3 is 14.4 Å². The molecule has 3 aromatic rings. The molecule has 0 aliphatic carbocycles. The number of nitrogens with zero attached hydrogens (tertiary/aromatic N) is 5. The van der Waals surface area contributed by atoms with E-state index in [0.717, 1.165) is 5.56 Å². The van der Waals surface area contributed by atoms with Crippen LogP contribution in [0.2, 0.25) is 5.02 Å². The van der Waals surface area contributed by atoms with E-state index in [2.05, 4.69) is 32.4 Å². The molecular weight excluding hydrogens is 451 g/mol. The molecule has 1 aliphatic heterocycles. The first-order chi connectivity index (χ1) is 15.9. The molecule has 33 heavy (non-hydrogen) atoms. The molecule has 1 N–H and O–H groups in total. The smallest absolute Gasteiger partial charge is 0.361 e. The first kappa shape index (κ1) is 22.9. The maximum atomic E-state index is 13.2. The summed E-state index contributed by atoms with van der Waals surface area (Å²) in [6.45, 7) is 5.90. The normalized spacial score (nSPS) is 18.8. The Hall–Kier alpha value is -3.24. The number of hydrogen-bond acceptors (Lipinski definition) is 7. The largest absolute Gasteiger partial charge is 0.480 e. The number of piperazine rings is 1. The van der Waals surface area contributed by atoms with Gasteiger partial charge in [0.25, 0.3) is 5.91 Å². The average Bonchev–Trinajstić information content (AvgIpc) is 3.30. The number of hydrogen-bond donors (Lipinski definition) is 1. The molecule has 2 atom stereocenters. The number of carbonyl (C=O) groups excluding carboxylic acids is 1. The van der Waals surface area contributed by atoms with Crippen LogP contribution in [0.4, 0.5) is 4.39 Å². The summed E-state index contributed by atoms with van der Waals surface area (Å²) in [4.78, 5) is 17.1. The summed E-state index contributed by atoms with van der Waals surface area (Å²) >= 11 is 6.06. The number of amides is 1. The van der Waals surface area contributed by atoms with E-state index in [0.29, 0.717) is 30.4 Å². The van der Waals surface area contributed by atoms with Crippen molar-refractivity contribution in [2.24, 2.45) is 0 Å². The molecule has 2 aromatic carbocycles. The SMILES string of the molecule is CC1CN(C(=O)COc2ccc(Cl)cc2Oc2nn[nH]n2)C(C)CN1Cc1ccc(F)cc1. The van der Waals surface area contributed by atoms with Gasteiger partial charge in [-0.1, -0.05) is 33.9 Å². The first-order valence-corrected chi connectivity index (χ1v) is 10.9. The minimum absolute atomic E-state index is 0.00184. The van der Waals surface area contributed by atoms with Crippen molar-refractivity contribution >= 4 is 17.5 Å². The monoisotopic (exact) mass is 474 g/mol. The average molecular weight is 475 g/mol. The molecular formula is C22H24ClFN6O3. The van der Waals surface area contributed by atoms with E-state index < -0.39 is 0 Å². The minimum Gasteiger partial charge on any atom is -0.480 e. The summed E-state index contributed by atoms with van der Waals surface area (Å²) in [5.41, 5.74) is 1.04. The van der Waals surface area contributed by atoms with Gasteiger partial charge in [0.2, 0.25) is 0 Å². The molecule has 0 bridgehead atoms. The quantitative estimate of drug-likeness (QED) is 0.561. The number of carbonyl (C=O) groups is 1. The standard InChI is InChI=1S/C22H24ClFN6O3/c1-14-11-30(15(2)10-29(14)12-16-3-6-18(24)7-4-16)21(31)13-32-19-8-5-17(23)9-20(19)33-22-25-27-28-26-22/h3-9,14-15H,10-13H2,1-2H3,(H,25,26,27,28). The van der Waals surface area contributed by atoms with Gasteiger partial charge in [0.05, 0.1) is 0 Å². The van der Waals surface area contributed by atoms with Gasteiger partial charge in [0, 0.05) is 42.8 Å². The van der Waals surface area contributed by atoms with Crippen LogP contribution in [0.1, 0.15) is 19.4 Å². The zero-order valence-corrected chi connectivity index (χ0v) is 19.0. The number of nitrogens with one attached hydrogen (secondary N) is 1. The molecule has 1 aliphatic rings. The Balaban J connectivity index is 1.36. The highest BCUT2D eigenvalue weighted by atomic mass is 35.5. The summed E-state index contributed by atoms with van der Waals surface area (Å²) < 4.78 is 24.5. The van der Waals surface area contributed by atoms with E-state index >= 15 is 0 Å². The second kappa shape index (κ2) is 10.1. The van der Waals surface area contributed by atoms with Crippen LogP contribution in [0.3, 0.4) is 0 Å². The van der Waals surface area contributed by atoms with E-state index in [-0.39, 0.29) is 42.2 Å². The van der Waals surface area contributed by atoms with Crippen molar-refractivity contribution in [1.82, 2.24) is 30.4 Å². The fraction of sp³-hybridized carbons (Fsp3) is 0.364. The second-order valence-electron chi connectivity index (χ2n) is 7.98. The van der Waals surface area contributed by atoms with Crippen LogP contribution in [-0.4, -0.2) is 68.1 Å². The number of H-pyrrole nitrogens is 1. The van der Waals surface area contributed by atoms with Gasteiger partial charge in [0.15, 0.2) is 18.1 Å². The van der Waals surface area contributed by atoms with Gasteiger partial charge in [-0.15, -0.1) is 0 Å². The minimum atomic E-state index is -0.248. The van der Waals surface area contributed by atoms with Crippen molar-refractivity contribution in [1.29, 1.82) is 0 Å². The summed E-state index contributed by atoms with van der Waals surface area (Å²) in [6.07, 6.45) is 0. The predicted molar refractivity (Wildman–Crippen MR) is 119 cm³/mol. The zero-order chi connectivity index (χ0) is 23.4. The fourth-order valence-corrected chi connectivity index (χ4v) is 3.95. The van der Waals surface area contributed by atoms with Gasteiger partial charge in [-0.2, -0.15) is 5.21 Å². The first-order valence-electron chi connectivity index (χ1n) is 10.5. The van der Waals surface area contributed by atoms with Gasteiger partial charge in [0.1, 0.15) is 5.82 Å². The number of ether oxygens (including phenoxy) is 2. The van der Waals surface area contributed by atoms with Gasteiger partial charge in [-0.05, 0) is 48.9 Å². The molecule has 174 valence electrons. The van der Waals surface area contributed by atoms with Crippen molar-refractivity contribution < 1.29 is 18.7 Å². The van der Waals surface area contributed by atoms with Gasteiger partial charge in [-0.25, -0.2) is 4.39 Å². The van der Waals surface area contributed by atoms with Crippen molar-refractivity contribution in [3.05, 3.63) is 58.9 Å². The van der Waals surface area contributed by atoms with E-state index in [9.17, 15) is 9.18 Å². The number of aromatic amines is 1. The number of benzene rings is 2. The van der Waals surface area contributed by atoms with Crippen molar-refractivity contribution in [3.63, 3.8) is 0 Å². The van der Waals surface area contributed by atoms with Gasteiger partial charge >= 0.3 is 6.01 Å². The van der Waals surface area contributed by atoms with E-state index in [1.54, 1.807) is 30.3 Å². The Morgan fingerprint density at radius 2 is 1.94 bits per heavy atom. The second-order valence-corrected chi connectivity index (χ2v) is 8.41. The molecule has 0 radical (unpaired) electrons. The molecule has 9 nitrogen and oxygen atoms in total. The number of rotatable bonds is 7. The van der Waals surface area contributed by atoms with Crippen LogP contribution in [-0.2, 0) is 11.3 Å². The molecule has 0 spiro atoms. The summed E-state index contributed by atoms with van der Waals surface area (Å²) in [6, 6.07) is 11.5. The van der Waals surface area contributed by atoms with E-state index in [1.165, 1.54) is 12.1 Å². The Kier molecular flexibility index (Phi) is 7.05. The lowest BCUT2D eigenvalue weighted by molar-refractivity contribution is -0.139. The number of tetrazole rings is 1. The number of halogens is 2. The maximum absolute atomic E-state index is 13.2. The predicted octanol–water partition coefficient (Wildman–Crippen LogP) is 3.28. The maximum Gasteiger partial charge on any atom is 0.361 e. The van der Waals surface area contributed by atoms with E-state index in [1.807, 2.05) is 11.8 Å². The van der Waals surface area contributed by atoms with Crippen LogP contribution < -0.4 is 9.47 Å². The summed E-state index contributed by atoms with van der Waals surface area (Å²) in [5, 5.41) is 13.7. The fourth-order valence-electron chi connectivity index (χ4n) is 3.79. The Bertz CT molecular complexity index is 1080. The van der Waals surface area contributed by atoms with Crippen LogP contribution in [0.5, 0.6) is 17.5 Å². The Morgan fingerprint density at radius 1 is 1.15 bits per heavy atom. The Morgan fingerprint density at radius 3 is 2.67 bits per heavy atom. The van der Waals surface area contributed by atoms with Crippen molar-refractivity contribution in [3.8, 4) is 17.5 Å². The lowest BCUT2D eigenvalue weighted by atomic mass is 10.1. The topological polar surface area (TPSA) is 96.5 Å². The molecule has 2 heterocycles. The molecule has 1 aromatic heterocycles. The van der Waals surface area contributed by atoms with Crippen molar-refractivity contribution in [2.75, 3.05) is 19.7 Å². The lowest BCUT2D eigenvalue weighted by Crippen LogP contribution is -2.58. The van der Waals surface area contributed by atoms with E-state index in [4.69, 9.17) is 21.1 Å². The summed E-state index contributed by atoms with van der Waals surface area (Å²) in [7, 11) is 0. The molecule has 11 heteroatoms. The highest BCUT2D eigenvalue weighted by molar-refractivity contribution is 6.30. The molecule has 1 amide bonds. The van der Waals surface area contributed by atoms with Crippen LogP contribution in [0.15, 0.2) is 42.5 Å². The molecule has 2 unspecified atom stereocenters. The molecule has 1 saturated heterocycles. The highest BCUT2D eigenvalue weighted by Crippen LogP contribution is 2.33. The Labute approximate surface area is 195 Å². The lowest BCUT2D eigenvalue weighted by Gasteiger charge is -2.44. The van der Waals surface area contributed by atoms with Gasteiger partial charge in [-0.3, -0.25) is 9.69 Å². The molecule has 4 rings (SSSR count). The molecule has 1 fully saturated rings. The third kappa shape index (κ3) is 5.77. The van der Waals surface area contributed by atoms with Crippen molar-refractivity contribution in [2.45, 2.75) is 32.5 Å². The number of aromatic nitrogens is 4. The molecule has 0 saturated carbocycles. The third-order valence-corrected chi connectivity index (χ3v) is 5.75. The summed E-state index contributed by atoms with van der Waals surface area (Å²) in [5.74, 6) is 0.244. The van der Waals surface area contributed by atoms with Crippen LogP contribution in [0, 0.1) is 5.82 Å². The third-order valence-electron chi connectivity index (χ3n) is 5.52. The highest BCUT2D eigenvalue weighted by Gasteiger charge is 2.32. The zero-order valence-electron chi connectivity index (χ0n) is 18.2. The van der Waals surface area contributed by atoms with Crippen LogP contribution in [0.25, 0.3) is 0 Å². The van der Waals surface area contributed by atoms with Crippen LogP contribution >= 0.6 is 11.6 Å².